The lowest BCUT2D eigenvalue weighted by atomic mass is 9.95. The Morgan fingerprint density at radius 3 is 2.70 bits per heavy atom. The minimum atomic E-state index is -4.38. The van der Waals surface area contributed by atoms with Crippen molar-refractivity contribution in [3.8, 4) is 0 Å². The molecule has 0 aliphatic carbocycles. The molecule has 2 unspecified atom stereocenters. The molecule has 1 aromatic rings. The molecule has 0 spiro atoms. The standard InChI is InChI=1S/C10H13F3N4O2S/c11-10(12,13)5-1-6(19-9(15)18)4-17(3-5)8-7(14)2-16-20-8/h2,5-6H,1,3-4,14H2,(H2,15,18). The minimum Gasteiger partial charge on any atom is -0.444 e. The van der Waals surface area contributed by atoms with E-state index in [4.69, 9.17) is 16.2 Å². The van der Waals surface area contributed by atoms with Gasteiger partial charge in [-0.15, -0.1) is 0 Å². The summed E-state index contributed by atoms with van der Waals surface area (Å²) in [7, 11) is 0. The summed E-state index contributed by atoms with van der Waals surface area (Å²) in [6, 6.07) is 0. The lowest BCUT2D eigenvalue weighted by molar-refractivity contribution is -0.182. The number of hydrogen-bond donors (Lipinski definition) is 2. The lowest BCUT2D eigenvalue weighted by Crippen LogP contribution is -2.49. The Kier molecular flexibility index (Phi) is 3.93. The van der Waals surface area contributed by atoms with Crippen LogP contribution in [-0.2, 0) is 4.74 Å². The third kappa shape index (κ3) is 3.24. The molecule has 10 heteroatoms. The zero-order valence-electron chi connectivity index (χ0n) is 10.3. The van der Waals surface area contributed by atoms with Gasteiger partial charge in [0.1, 0.15) is 11.1 Å². The Balaban J connectivity index is 2.20. The first kappa shape index (κ1) is 14.7. The molecule has 1 amide bonds. The molecule has 0 bridgehead atoms. The number of aromatic nitrogens is 1. The quantitative estimate of drug-likeness (QED) is 0.865. The van der Waals surface area contributed by atoms with Gasteiger partial charge in [-0.05, 0) is 18.0 Å². The molecule has 1 aliphatic rings. The van der Waals surface area contributed by atoms with Gasteiger partial charge in [0.2, 0.25) is 0 Å². The van der Waals surface area contributed by atoms with Crippen molar-refractivity contribution in [2.45, 2.75) is 18.7 Å². The van der Waals surface area contributed by atoms with Crippen LogP contribution in [0.25, 0.3) is 0 Å². The van der Waals surface area contributed by atoms with Crippen LogP contribution in [-0.4, -0.2) is 35.8 Å². The van der Waals surface area contributed by atoms with Crippen LogP contribution >= 0.6 is 11.5 Å². The molecule has 112 valence electrons. The largest absolute Gasteiger partial charge is 0.444 e. The number of nitrogens with two attached hydrogens (primary N) is 2. The maximum atomic E-state index is 12.9. The monoisotopic (exact) mass is 310 g/mol. The summed E-state index contributed by atoms with van der Waals surface area (Å²) >= 11 is 1.00. The molecule has 2 rings (SSSR count). The molecule has 0 radical (unpaired) electrons. The van der Waals surface area contributed by atoms with Gasteiger partial charge in [-0.25, -0.2) is 4.79 Å². The number of amides is 1. The number of nitrogens with zero attached hydrogens (tertiary/aromatic N) is 2. The normalized spacial score (nSPS) is 23.6. The SMILES string of the molecule is NC(=O)OC1CC(C(F)(F)F)CN(c2sncc2N)C1. The van der Waals surface area contributed by atoms with Crippen LogP contribution in [0.3, 0.4) is 0 Å². The number of hydrogen-bond acceptors (Lipinski definition) is 6. The van der Waals surface area contributed by atoms with E-state index in [1.807, 2.05) is 0 Å². The summed E-state index contributed by atoms with van der Waals surface area (Å²) in [5.41, 5.74) is 10.8. The van der Waals surface area contributed by atoms with Crippen molar-refractivity contribution in [3.05, 3.63) is 6.20 Å². The number of nitrogen functional groups attached to an aromatic ring is 1. The molecular formula is C10H13F3N4O2S. The maximum Gasteiger partial charge on any atom is 0.404 e. The van der Waals surface area contributed by atoms with E-state index in [9.17, 15) is 18.0 Å². The average Bonchev–Trinajstić information content (AvgIpc) is 2.73. The maximum absolute atomic E-state index is 12.9. The van der Waals surface area contributed by atoms with E-state index in [0.29, 0.717) is 10.7 Å². The third-order valence-corrected chi connectivity index (χ3v) is 3.90. The molecule has 0 saturated carbocycles. The second-order valence-electron chi connectivity index (χ2n) is 4.52. The van der Waals surface area contributed by atoms with Crippen LogP contribution in [0.2, 0.25) is 0 Å². The molecule has 2 heterocycles. The van der Waals surface area contributed by atoms with Gasteiger partial charge in [0.25, 0.3) is 0 Å². The highest BCUT2D eigenvalue weighted by atomic mass is 32.1. The van der Waals surface area contributed by atoms with Gasteiger partial charge in [0.15, 0.2) is 0 Å². The fourth-order valence-electron chi connectivity index (χ4n) is 2.19. The topological polar surface area (TPSA) is 94.5 Å². The number of ether oxygens (including phenoxy) is 1. The summed E-state index contributed by atoms with van der Waals surface area (Å²) in [5.74, 6) is -1.61. The number of carbonyl (C=O) groups is 1. The summed E-state index contributed by atoms with van der Waals surface area (Å²) in [6.07, 6.45) is -5.32. The molecule has 0 aromatic carbocycles. The van der Waals surface area contributed by atoms with Gasteiger partial charge in [0.05, 0.1) is 24.3 Å². The number of halogens is 3. The smallest absolute Gasteiger partial charge is 0.404 e. The van der Waals surface area contributed by atoms with Crippen molar-refractivity contribution in [1.29, 1.82) is 0 Å². The second kappa shape index (κ2) is 5.35. The van der Waals surface area contributed by atoms with Crippen molar-refractivity contribution in [3.63, 3.8) is 0 Å². The Hall–Kier alpha value is -1.71. The Morgan fingerprint density at radius 2 is 2.20 bits per heavy atom. The van der Waals surface area contributed by atoms with Crippen LogP contribution in [0.4, 0.5) is 28.7 Å². The minimum absolute atomic E-state index is 0.113. The number of primary amides is 1. The molecule has 20 heavy (non-hydrogen) atoms. The van der Waals surface area contributed by atoms with E-state index >= 15 is 0 Å². The van der Waals surface area contributed by atoms with Crippen LogP contribution in [0.5, 0.6) is 0 Å². The van der Waals surface area contributed by atoms with Crippen molar-refractivity contribution in [2.75, 3.05) is 23.7 Å². The first-order valence-electron chi connectivity index (χ1n) is 5.75. The van der Waals surface area contributed by atoms with E-state index in [1.165, 1.54) is 11.1 Å². The summed E-state index contributed by atoms with van der Waals surface area (Å²) in [4.78, 5) is 12.2. The zero-order valence-corrected chi connectivity index (χ0v) is 11.1. The van der Waals surface area contributed by atoms with E-state index < -0.39 is 24.3 Å². The second-order valence-corrected chi connectivity index (χ2v) is 5.30. The number of alkyl halides is 3. The van der Waals surface area contributed by atoms with Crippen LogP contribution < -0.4 is 16.4 Å². The van der Waals surface area contributed by atoms with E-state index in [-0.39, 0.29) is 19.5 Å². The van der Waals surface area contributed by atoms with Gasteiger partial charge in [-0.2, -0.15) is 17.5 Å². The average molecular weight is 310 g/mol. The number of rotatable bonds is 2. The van der Waals surface area contributed by atoms with E-state index in [2.05, 4.69) is 4.37 Å². The van der Waals surface area contributed by atoms with Crippen molar-refractivity contribution < 1.29 is 22.7 Å². The van der Waals surface area contributed by atoms with Crippen molar-refractivity contribution in [2.24, 2.45) is 11.7 Å². The molecule has 4 N–H and O–H groups in total. The molecule has 2 atom stereocenters. The predicted octanol–water partition coefficient (Wildman–Crippen LogP) is 1.58. The van der Waals surface area contributed by atoms with Gasteiger partial charge in [0, 0.05) is 6.54 Å². The first-order chi connectivity index (χ1) is 9.27. The Morgan fingerprint density at radius 1 is 1.50 bits per heavy atom. The highest BCUT2D eigenvalue weighted by molar-refractivity contribution is 7.10. The molecule has 1 fully saturated rings. The summed E-state index contributed by atoms with van der Waals surface area (Å²) < 4.78 is 47.3. The van der Waals surface area contributed by atoms with Crippen LogP contribution in [0.1, 0.15) is 6.42 Å². The fraction of sp³-hybridized carbons (Fsp3) is 0.600. The summed E-state index contributed by atoms with van der Waals surface area (Å²) in [6.45, 7) is -0.129. The molecule has 1 saturated heterocycles. The molecule has 1 aromatic heterocycles. The Bertz CT molecular complexity index is 493. The molecule has 1 aliphatic heterocycles. The van der Waals surface area contributed by atoms with E-state index in [1.54, 1.807) is 0 Å². The number of carbonyl (C=O) groups excluding carboxylic acids is 1. The Labute approximate surface area is 116 Å². The highest BCUT2D eigenvalue weighted by Gasteiger charge is 2.46. The lowest BCUT2D eigenvalue weighted by Gasteiger charge is -2.38. The number of piperidine rings is 1. The highest BCUT2D eigenvalue weighted by Crippen LogP contribution is 2.38. The molecular weight excluding hydrogens is 297 g/mol. The summed E-state index contributed by atoms with van der Waals surface area (Å²) in [5, 5.41) is 0.442. The van der Waals surface area contributed by atoms with Crippen LogP contribution in [0, 0.1) is 5.92 Å². The first-order valence-corrected chi connectivity index (χ1v) is 6.52. The van der Waals surface area contributed by atoms with Crippen LogP contribution in [0.15, 0.2) is 6.20 Å². The third-order valence-electron chi connectivity index (χ3n) is 3.02. The van der Waals surface area contributed by atoms with Gasteiger partial charge in [-0.1, -0.05) is 0 Å². The molecule has 6 nitrogen and oxygen atoms in total. The number of anilines is 2. The van der Waals surface area contributed by atoms with Crippen molar-refractivity contribution in [1.82, 2.24) is 4.37 Å². The van der Waals surface area contributed by atoms with Gasteiger partial charge in [-0.3, -0.25) is 0 Å². The van der Waals surface area contributed by atoms with Crippen molar-refractivity contribution >= 4 is 28.3 Å². The fourth-order valence-corrected chi connectivity index (χ4v) is 2.88. The zero-order chi connectivity index (χ0) is 14.9. The van der Waals surface area contributed by atoms with Gasteiger partial charge < -0.3 is 21.1 Å². The predicted molar refractivity (Wildman–Crippen MR) is 67.4 cm³/mol. The van der Waals surface area contributed by atoms with Gasteiger partial charge >= 0.3 is 12.3 Å². The van der Waals surface area contributed by atoms with E-state index in [0.717, 1.165) is 11.5 Å².